The number of benzene rings is 6. The van der Waals surface area contributed by atoms with E-state index < -0.39 is 0 Å². The number of rotatable bonds is 3. The Bertz CT molecular complexity index is 1710. The van der Waals surface area contributed by atoms with Gasteiger partial charge in [0.05, 0.1) is 5.69 Å². The smallest absolute Gasteiger partial charge is 0.0543 e. The molecule has 0 aliphatic heterocycles. The van der Waals surface area contributed by atoms with Gasteiger partial charge in [-0.2, -0.15) is 0 Å². The second-order valence-electron chi connectivity index (χ2n) is 10.1. The summed E-state index contributed by atoms with van der Waals surface area (Å²) >= 11 is 0. The second kappa shape index (κ2) is 10.1. The van der Waals surface area contributed by atoms with Gasteiger partial charge in [-0.3, -0.25) is 0 Å². The molecule has 1 nitrogen and oxygen atoms in total. The summed E-state index contributed by atoms with van der Waals surface area (Å²) < 4.78 is 0. The Balaban J connectivity index is 1.54. The van der Waals surface area contributed by atoms with Gasteiger partial charge in [-0.25, -0.2) is 0 Å². The van der Waals surface area contributed by atoms with Crippen LogP contribution in [0.25, 0.3) is 22.3 Å². The summed E-state index contributed by atoms with van der Waals surface area (Å²) in [5.74, 6) is 0. The summed E-state index contributed by atoms with van der Waals surface area (Å²) in [6, 6.07) is 55.0. The van der Waals surface area contributed by atoms with E-state index in [1.54, 1.807) is 0 Å². The molecule has 0 spiro atoms. The first-order valence-electron chi connectivity index (χ1n) is 13.6. The van der Waals surface area contributed by atoms with Gasteiger partial charge in [-0.15, -0.1) is 0 Å². The van der Waals surface area contributed by atoms with E-state index in [2.05, 4.69) is 157 Å². The van der Waals surface area contributed by atoms with Crippen molar-refractivity contribution in [2.45, 2.75) is 12.8 Å². The van der Waals surface area contributed by atoms with E-state index in [0.29, 0.717) is 0 Å². The van der Waals surface area contributed by atoms with Crippen LogP contribution in [-0.2, 0) is 12.8 Å². The first-order chi connectivity index (χ1) is 19.4. The minimum Gasteiger partial charge on any atom is -0.310 e. The number of hydrogen-bond acceptors (Lipinski definition) is 1. The highest BCUT2D eigenvalue weighted by molar-refractivity contribution is 5.91. The number of para-hydroxylation sites is 2. The summed E-state index contributed by atoms with van der Waals surface area (Å²) in [4.78, 5) is 2.40. The van der Waals surface area contributed by atoms with Crippen LogP contribution in [0.4, 0.5) is 17.1 Å². The molecule has 0 fully saturated rings. The van der Waals surface area contributed by atoms with Crippen molar-refractivity contribution in [1.82, 2.24) is 0 Å². The lowest BCUT2D eigenvalue weighted by Crippen LogP contribution is -2.13. The van der Waals surface area contributed by atoms with Crippen LogP contribution in [0.3, 0.4) is 0 Å². The van der Waals surface area contributed by atoms with Crippen LogP contribution >= 0.6 is 0 Å². The zero-order valence-electron chi connectivity index (χ0n) is 21.8. The summed E-state index contributed by atoms with van der Waals surface area (Å²) in [5.41, 5.74) is 14.2. The largest absolute Gasteiger partial charge is 0.310 e. The van der Waals surface area contributed by atoms with Gasteiger partial charge in [0, 0.05) is 16.9 Å². The van der Waals surface area contributed by atoms with E-state index in [0.717, 1.165) is 24.2 Å². The van der Waals surface area contributed by atoms with Crippen LogP contribution in [0.5, 0.6) is 0 Å². The van der Waals surface area contributed by atoms with E-state index in [1.807, 2.05) is 0 Å². The average molecular weight is 500 g/mol. The van der Waals surface area contributed by atoms with Crippen LogP contribution in [0, 0.1) is 0 Å². The van der Waals surface area contributed by atoms with Crippen molar-refractivity contribution in [2.24, 2.45) is 0 Å². The lowest BCUT2D eigenvalue weighted by Gasteiger charge is -2.30. The lowest BCUT2D eigenvalue weighted by molar-refractivity contribution is 1.14. The van der Waals surface area contributed by atoms with Gasteiger partial charge < -0.3 is 4.90 Å². The summed E-state index contributed by atoms with van der Waals surface area (Å²) in [7, 11) is 0. The van der Waals surface area contributed by atoms with Gasteiger partial charge in [0.25, 0.3) is 0 Å². The van der Waals surface area contributed by atoms with Crippen molar-refractivity contribution in [3.8, 4) is 22.3 Å². The number of nitrogens with zero attached hydrogens (tertiary/aromatic N) is 1. The molecule has 0 radical (unpaired) electrons. The van der Waals surface area contributed by atoms with E-state index in [-0.39, 0.29) is 0 Å². The fourth-order valence-electron chi connectivity index (χ4n) is 6.02. The molecule has 7 rings (SSSR count). The van der Waals surface area contributed by atoms with Crippen LogP contribution in [-0.4, -0.2) is 0 Å². The molecule has 0 atom stereocenters. The minimum absolute atomic E-state index is 0.861. The van der Waals surface area contributed by atoms with Crippen LogP contribution in [0.15, 0.2) is 152 Å². The molecule has 0 amide bonds. The fraction of sp³-hybridized carbons (Fsp3) is 0.0526. The highest BCUT2D eigenvalue weighted by Crippen LogP contribution is 2.45. The van der Waals surface area contributed by atoms with Gasteiger partial charge in [0.1, 0.15) is 0 Å². The third-order valence-electron chi connectivity index (χ3n) is 7.77. The number of hydrogen-bond donors (Lipinski definition) is 0. The SMILES string of the molecule is c1ccc(N(c2ccccc2)c2cccc3c2-c2ccccc2Cc2ccccc2-c2ccccc2C3)cc1. The van der Waals surface area contributed by atoms with E-state index >= 15 is 0 Å². The molecule has 39 heavy (non-hydrogen) atoms. The van der Waals surface area contributed by atoms with Crippen molar-refractivity contribution in [2.75, 3.05) is 4.90 Å². The quantitative estimate of drug-likeness (QED) is 0.234. The van der Waals surface area contributed by atoms with Gasteiger partial charge >= 0.3 is 0 Å². The zero-order valence-corrected chi connectivity index (χ0v) is 21.8. The zero-order chi connectivity index (χ0) is 26.0. The molecule has 186 valence electrons. The van der Waals surface area contributed by atoms with Crippen molar-refractivity contribution >= 4 is 17.1 Å². The average Bonchev–Trinajstić information content (AvgIpc) is 3.00. The maximum absolute atomic E-state index is 2.40. The molecule has 1 aliphatic rings. The van der Waals surface area contributed by atoms with Crippen molar-refractivity contribution in [1.29, 1.82) is 0 Å². The lowest BCUT2D eigenvalue weighted by atomic mass is 9.83. The minimum atomic E-state index is 0.861. The Morgan fingerprint density at radius 2 is 0.744 bits per heavy atom. The molecule has 1 heteroatoms. The molecule has 1 aliphatic carbocycles. The molecule has 0 saturated heterocycles. The predicted octanol–water partition coefficient (Wildman–Crippen LogP) is 9.99. The Morgan fingerprint density at radius 1 is 0.333 bits per heavy atom. The maximum Gasteiger partial charge on any atom is 0.0543 e. The van der Waals surface area contributed by atoms with Crippen LogP contribution in [0.1, 0.15) is 22.3 Å². The fourth-order valence-corrected chi connectivity index (χ4v) is 6.02. The summed E-state index contributed by atoms with van der Waals surface area (Å²) in [6.07, 6.45) is 1.74. The molecule has 0 unspecified atom stereocenters. The van der Waals surface area contributed by atoms with E-state index in [9.17, 15) is 0 Å². The number of fused-ring (bicyclic) bond motifs is 6. The van der Waals surface area contributed by atoms with Gasteiger partial charge in [0.2, 0.25) is 0 Å². The first kappa shape index (κ1) is 23.3. The van der Waals surface area contributed by atoms with Crippen molar-refractivity contribution in [3.05, 3.63) is 174 Å². The Morgan fingerprint density at radius 3 is 1.31 bits per heavy atom. The molecule has 0 heterocycles. The van der Waals surface area contributed by atoms with Gasteiger partial charge in [0.15, 0.2) is 0 Å². The van der Waals surface area contributed by atoms with Gasteiger partial charge in [-0.1, -0.05) is 121 Å². The van der Waals surface area contributed by atoms with Crippen LogP contribution in [0.2, 0.25) is 0 Å². The highest BCUT2D eigenvalue weighted by atomic mass is 15.1. The first-order valence-corrected chi connectivity index (χ1v) is 13.6. The third-order valence-corrected chi connectivity index (χ3v) is 7.77. The molecule has 6 aromatic rings. The second-order valence-corrected chi connectivity index (χ2v) is 10.1. The Hall–Kier alpha value is -4.88. The van der Waals surface area contributed by atoms with Gasteiger partial charge in [-0.05, 0) is 82.1 Å². The van der Waals surface area contributed by atoms with Crippen molar-refractivity contribution in [3.63, 3.8) is 0 Å². The standard InChI is InChI=1S/C38H29N/c1-3-18-32(19-4-1)39(33-20-5-2-6-21-33)37-25-13-17-31-27-29-15-8-11-23-35(29)34-22-10-7-14-28(34)26-30-16-9-12-24-36(30)38(31)37/h1-25H,26-27H2. The third kappa shape index (κ3) is 4.32. The molecule has 0 N–H and O–H groups in total. The summed E-state index contributed by atoms with van der Waals surface area (Å²) in [6.45, 7) is 0. The number of anilines is 3. The molecule has 0 bridgehead atoms. The van der Waals surface area contributed by atoms with Crippen molar-refractivity contribution < 1.29 is 0 Å². The predicted molar refractivity (Wildman–Crippen MR) is 164 cm³/mol. The molecule has 6 aromatic carbocycles. The molecular weight excluding hydrogens is 470 g/mol. The van der Waals surface area contributed by atoms with Crippen LogP contribution < -0.4 is 4.90 Å². The topological polar surface area (TPSA) is 3.24 Å². The molecule has 0 saturated carbocycles. The van der Waals surface area contributed by atoms with E-state index in [4.69, 9.17) is 0 Å². The highest BCUT2D eigenvalue weighted by Gasteiger charge is 2.23. The summed E-state index contributed by atoms with van der Waals surface area (Å²) in [5, 5.41) is 0. The maximum atomic E-state index is 2.40. The Labute approximate surface area is 230 Å². The Kier molecular flexibility index (Phi) is 6.03. The normalized spacial score (nSPS) is 11.9. The molecule has 0 aromatic heterocycles. The molecular formula is C38H29N. The van der Waals surface area contributed by atoms with E-state index in [1.165, 1.54) is 50.2 Å². The monoisotopic (exact) mass is 499 g/mol.